The molecule has 0 spiro atoms. The molecule has 1 saturated heterocycles. The van der Waals surface area contributed by atoms with Crippen LogP contribution in [0.2, 0.25) is 0 Å². The number of aromatic nitrogens is 1. The molecule has 0 atom stereocenters. The Morgan fingerprint density at radius 3 is 2.35 bits per heavy atom. The Morgan fingerprint density at radius 2 is 1.74 bits per heavy atom. The summed E-state index contributed by atoms with van der Waals surface area (Å²) in [5.74, 6) is 0.237. The lowest BCUT2D eigenvalue weighted by molar-refractivity contribution is -0.137. The van der Waals surface area contributed by atoms with E-state index in [1.54, 1.807) is 0 Å². The smallest absolute Gasteiger partial charge is 0.356 e. The summed E-state index contributed by atoms with van der Waals surface area (Å²) in [7, 11) is 0. The summed E-state index contributed by atoms with van der Waals surface area (Å²) in [5, 5.41) is 5.70. The van der Waals surface area contributed by atoms with Crippen LogP contribution in [0.4, 0.5) is 19.0 Å². The summed E-state index contributed by atoms with van der Waals surface area (Å²) in [4.78, 5) is 29.9. The minimum atomic E-state index is -4.40. The second-order valence-electron chi connectivity index (χ2n) is 7.49. The van der Waals surface area contributed by atoms with Crippen molar-refractivity contribution in [3.63, 3.8) is 0 Å². The van der Waals surface area contributed by atoms with E-state index in [1.165, 1.54) is 6.07 Å². The molecule has 9 heteroatoms. The van der Waals surface area contributed by atoms with Gasteiger partial charge in [0, 0.05) is 38.3 Å². The lowest BCUT2D eigenvalue weighted by Crippen LogP contribution is -2.45. The first kappa shape index (κ1) is 22.6. The number of carbonyl (C=O) groups excluding carboxylic acids is 2. The van der Waals surface area contributed by atoms with E-state index >= 15 is 0 Å². The number of carbonyl (C=O) groups is 2. The Kier molecular flexibility index (Phi) is 7.49. The number of nitrogens with zero attached hydrogens (tertiary/aromatic N) is 2. The number of hydrogen-bond acceptors (Lipinski definition) is 4. The van der Waals surface area contributed by atoms with Crippen molar-refractivity contribution in [2.75, 3.05) is 24.5 Å². The highest BCUT2D eigenvalue weighted by atomic mass is 19.4. The van der Waals surface area contributed by atoms with E-state index in [0.717, 1.165) is 17.8 Å². The minimum Gasteiger partial charge on any atom is -0.356 e. The SMILES string of the molecule is O=C(Cc1ccccc1)NCCC(=O)NC1CCN(c2ccc(C(F)(F)F)cn2)CC1. The fourth-order valence-corrected chi connectivity index (χ4v) is 3.45. The monoisotopic (exact) mass is 434 g/mol. The summed E-state index contributed by atoms with van der Waals surface area (Å²) >= 11 is 0. The van der Waals surface area contributed by atoms with Crippen molar-refractivity contribution in [3.05, 3.63) is 59.8 Å². The van der Waals surface area contributed by atoms with E-state index in [0.29, 0.717) is 31.7 Å². The van der Waals surface area contributed by atoms with Crippen LogP contribution in [0, 0.1) is 0 Å². The van der Waals surface area contributed by atoms with Crippen molar-refractivity contribution in [3.8, 4) is 0 Å². The normalized spacial score (nSPS) is 14.9. The van der Waals surface area contributed by atoms with Crippen LogP contribution in [-0.4, -0.2) is 42.5 Å². The maximum atomic E-state index is 12.6. The van der Waals surface area contributed by atoms with Crippen molar-refractivity contribution < 1.29 is 22.8 Å². The van der Waals surface area contributed by atoms with E-state index in [1.807, 2.05) is 35.2 Å². The molecule has 0 radical (unpaired) electrons. The number of alkyl halides is 3. The second-order valence-corrected chi connectivity index (χ2v) is 7.49. The van der Waals surface area contributed by atoms with Gasteiger partial charge in [-0.3, -0.25) is 9.59 Å². The van der Waals surface area contributed by atoms with Crippen molar-refractivity contribution in [2.45, 2.75) is 37.9 Å². The number of pyridine rings is 1. The van der Waals surface area contributed by atoms with Crippen molar-refractivity contribution in [1.82, 2.24) is 15.6 Å². The van der Waals surface area contributed by atoms with E-state index in [4.69, 9.17) is 0 Å². The first-order valence-corrected chi connectivity index (χ1v) is 10.2. The highest BCUT2D eigenvalue weighted by molar-refractivity contribution is 5.80. The summed E-state index contributed by atoms with van der Waals surface area (Å²) in [5.41, 5.74) is 0.146. The molecule has 1 fully saturated rings. The highest BCUT2D eigenvalue weighted by Gasteiger charge is 2.31. The van der Waals surface area contributed by atoms with E-state index in [2.05, 4.69) is 15.6 Å². The van der Waals surface area contributed by atoms with Crippen LogP contribution in [0.1, 0.15) is 30.4 Å². The lowest BCUT2D eigenvalue weighted by Gasteiger charge is -2.33. The topological polar surface area (TPSA) is 74.3 Å². The van der Waals surface area contributed by atoms with Crippen LogP contribution in [0.3, 0.4) is 0 Å². The van der Waals surface area contributed by atoms with Crippen LogP contribution in [-0.2, 0) is 22.2 Å². The first-order chi connectivity index (χ1) is 14.8. The number of rotatable bonds is 7. The summed E-state index contributed by atoms with van der Waals surface area (Å²) in [6.07, 6.45) is -1.73. The molecule has 166 valence electrons. The summed E-state index contributed by atoms with van der Waals surface area (Å²) in [6, 6.07) is 11.8. The Labute approximate surface area is 178 Å². The average molecular weight is 434 g/mol. The van der Waals surface area contributed by atoms with Crippen molar-refractivity contribution in [2.24, 2.45) is 0 Å². The fourth-order valence-electron chi connectivity index (χ4n) is 3.45. The number of halogens is 3. The van der Waals surface area contributed by atoms with Crippen LogP contribution < -0.4 is 15.5 Å². The van der Waals surface area contributed by atoms with Crippen LogP contribution in [0.15, 0.2) is 48.7 Å². The Morgan fingerprint density at radius 1 is 1.03 bits per heavy atom. The summed E-state index contributed by atoms with van der Waals surface area (Å²) in [6.45, 7) is 1.46. The van der Waals surface area contributed by atoms with Gasteiger partial charge in [0.05, 0.1) is 12.0 Å². The highest BCUT2D eigenvalue weighted by Crippen LogP contribution is 2.29. The first-order valence-electron chi connectivity index (χ1n) is 10.2. The van der Waals surface area contributed by atoms with Gasteiger partial charge in [-0.15, -0.1) is 0 Å². The molecule has 31 heavy (non-hydrogen) atoms. The van der Waals surface area contributed by atoms with Gasteiger partial charge in [0.2, 0.25) is 11.8 Å². The predicted molar refractivity (Wildman–Crippen MR) is 110 cm³/mol. The maximum Gasteiger partial charge on any atom is 0.417 e. The molecule has 0 aliphatic carbocycles. The molecule has 2 N–H and O–H groups in total. The van der Waals surface area contributed by atoms with Gasteiger partial charge in [-0.05, 0) is 30.5 Å². The third-order valence-corrected chi connectivity index (χ3v) is 5.14. The van der Waals surface area contributed by atoms with E-state index < -0.39 is 11.7 Å². The zero-order valence-corrected chi connectivity index (χ0v) is 17.0. The zero-order chi connectivity index (χ0) is 22.3. The van der Waals surface area contributed by atoms with Gasteiger partial charge in [-0.2, -0.15) is 13.2 Å². The molecule has 1 aromatic heterocycles. The standard InChI is InChI=1S/C22H25F3N4O2/c23-22(24,25)17-6-7-19(27-15-17)29-12-9-18(10-13-29)28-20(30)8-11-26-21(31)14-16-4-2-1-3-5-16/h1-7,15,18H,8-14H2,(H,26,31)(H,28,30). The van der Waals surface area contributed by atoms with Gasteiger partial charge in [-0.25, -0.2) is 4.98 Å². The Hall–Kier alpha value is -3.10. The molecule has 1 aliphatic rings. The second kappa shape index (κ2) is 10.3. The maximum absolute atomic E-state index is 12.6. The fraction of sp³-hybridized carbons (Fsp3) is 0.409. The van der Waals surface area contributed by atoms with Gasteiger partial charge in [-0.1, -0.05) is 30.3 Å². The van der Waals surface area contributed by atoms with Gasteiger partial charge >= 0.3 is 6.18 Å². The van der Waals surface area contributed by atoms with Crippen LogP contribution in [0.25, 0.3) is 0 Å². The van der Waals surface area contributed by atoms with Crippen LogP contribution in [0.5, 0.6) is 0 Å². The Bertz CT molecular complexity index is 865. The number of benzene rings is 1. The largest absolute Gasteiger partial charge is 0.417 e. The predicted octanol–water partition coefficient (Wildman–Crippen LogP) is 2.93. The van der Waals surface area contributed by atoms with Gasteiger partial charge in [0.1, 0.15) is 5.82 Å². The van der Waals surface area contributed by atoms with Crippen molar-refractivity contribution >= 4 is 17.6 Å². The van der Waals surface area contributed by atoms with Crippen molar-refractivity contribution in [1.29, 1.82) is 0 Å². The molecule has 0 saturated carbocycles. The van der Waals surface area contributed by atoms with Gasteiger partial charge < -0.3 is 15.5 Å². The third kappa shape index (κ3) is 6.97. The molecular weight excluding hydrogens is 409 g/mol. The van der Waals surface area contributed by atoms with Gasteiger partial charge in [0.15, 0.2) is 0 Å². The van der Waals surface area contributed by atoms with Crippen LogP contribution >= 0.6 is 0 Å². The lowest BCUT2D eigenvalue weighted by atomic mass is 10.0. The molecule has 0 unspecified atom stereocenters. The molecule has 2 amide bonds. The quantitative estimate of drug-likeness (QED) is 0.703. The number of hydrogen-bond donors (Lipinski definition) is 2. The zero-order valence-electron chi connectivity index (χ0n) is 17.0. The number of piperidine rings is 1. The molecule has 1 aliphatic heterocycles. The molecule has 2 heterocycles. The molecule has 0 bridgehead atoms. The molecule has 1 aromatic carbocycles. The van der Waals surface area contributed by atoms with Gasteiger partial charge in [0.25, 0.3) is 0 Å². The van der Waals surface area contributed by atoms with E-state index in [9.17, 15) is 22.8 Å². The minimum absolute atomic E-state index is 0.00165. The average Bonchev–Trinajstić information content (AvgIpc) is 2.74. The number of nitrogens with one attached hydrogen (secondary N) is 2. The summed E-state index contributed by atoms with van der Waals surface area (Å²) < 4.78 is 37.9. The molecular formula is C22H25F3N4O2. The van der Waals surface area contributed by atoms with E-state index in [-0.39, 0.29) is 37.2 Å². The number of amides is 2. The Balaban J connectivity index is 1.35. The third-order valence-electron chi connectivity index (χ3n) is 5.14. The molecule has 6 nitrogen and oxygen atoms in total. The molecule has 3 rings (SSSR count). The molecule has 2 aromatic rings. The number of anilines is 1.